The second kappa shape index (κ2) is 5.62. The third-order valence-electron chi connectivity index (χ3n) is 2.13. The zero-order valence-electron chi connectivity index (χ0n) is 11.2. The fourth-order valence-electron chi connectivity index (χ4n) is 1.42. The molecule has 0 saturated carbocycles. The number of carbonyl (C=O) groups is 1. The summed E-state index contributed by atoms with van der Waals surface area (Å²) in [5.41, 5.74) is 6.61. The number of benzene rings is 1. The molecule has 0 heterocycles. The largest absolute Gasteiger partial charge is 0.496 e. The molecule has 5 nitrogen and oxygen atoms in total. The van der Waals surface area contributed by atoms with E-state index in [0.29, 0.717) is 18.0 Å². The fourth-order valence-corrected chi connectivity index (χ4v) is 1.42. The van der Waals surface area contributed by atoms with Crippen molar-refractivity contribution in [3.05, 3.63) is 23.8 Å². The smallest absolute Gasteiger partial charge is 0.407 e. The number of hydrogen-bond acceptors (Lipinski definition) is 4. The Labute approximate surface area is 107 Å². The molecule has 1 rings (SSSR count). The Bertz CT molecular complexity index is 425. The molecule has 0 atom stereocenters. The number of ether oxygens (including phenoxy) is 2. The average Bonchev–Trinajstić information content (AvgIpc) is 2.24. The zero-order chi connectivity index (χ0) is 13.8. The Morgan fingerprint density at radius 1 is 1.39 bits per heavy atom. The average molecular weight is 252 g/mol. The zero-order valence-corrected chi connectivity index (χ0v) is 11.2. The number of nitrogens with one attached hydrogen (secondary N) is 1. The number of hydrogen-bond donors (Lipinski definition) is 2. The minimum atomic E-state index is -0.510. The molecular formula is C13H20N2O3. The number of alkyl carbamates (subject to hydrolysis) is 1. The third kappa shape index (κ3) is 4.53. The Kier molecular flexibility index (Phi) is 4.42. The molecular weight excluding hydrogens is 232 g/mol. The monoisotopic (exact) mass is 252 g/mol. The van der Waals surface area contributed by atoms with Crippen LogP contribution in [0, 0.1) is 0 Å². The van der Waals surface area contributed by atoms with E-state index in [1.54, 1.807) is 25.3 Å². The van der Waals surface area contributed by atoms with E-state index in [-0.39, 0.29) is 0 Å². The van der Waals surface area contributed by atoms with Crippen LogP contribution in [0.1, 0.15) is 26.3 Å². The summed E-state index contributed by atoms with van der Waals surface area (Å²) < 4.78 is 10.3. The molecule has 18 heavy (non-hydrogen) atoms. The highest BCUT2D eigenvalue weighted by Crippen LogP contribution is 2.20. The quantitative estimate of drug-likeness (QED) is 0.809. The minimum Gasteiger partial charge on any atom is -0.496 e. The van der Waals surface area contributed by atoms with Gasteiger partial charge in [-0.05, 0) is 39.0 Å². The van der Waals surface area contributed by atoms with Crippen molar-refractivity contribution < 1.29 is 14.3 Å². The lowest BCUT2D eigenvalue weighted by Crippen LogP contribution is -2.32. The van der Waals surface area contributed by atoms with Crippen LogP contribution in [0.4, 0.5) is 10.5 Å². The molecule has 0 aliphatic carbocycles. The van der Waals surface area contributed by atoms with Crippen LogP contribution < -0.4 is 15.8 Å². The Morgan fingerprint density at radius 3 is 2.61 bits per heavy atom. The molecule has 0 aromatic heterocycles. The van der Waals surface area contributed by atoms with Crippen LogP contribution in [0.2, 0.25) is 0 Å². The molecule has 0 bridgehead atoms. The fraction of sp³-hybridized carbons (Fsp3) is 0.462. The molecule has 0 aliphatic heterocycles. The van der Waals surface area contributed by atoms with Gasteiger partial charge in [0.1, 0.15) is 11.4 Å². The van der Waals surface area contributed by atoms with E-state index in [2.05, 4.69) is 5.32 Å². The van der Waals surface area contributed by atoms with Gasteiger partial charge < -0.3 is 20.5 Å². The Balaban J connectivity index is 2.63. The highest BCUT2D eigenvalue weighted by Gasteiger charge is 2.16. The molecule has 1 aromatic carbocycles. The Hall–Kier alpha value is -1.91. The highest BCUT2D eigenvalue weighted by atomic mass is 16.6. The van der Waals surface area contributed by atoms with Crippen molar-refractivity contribution in [3.8, 4) is 5.75 Å². The van der Waals surface area contributed by atoms with Crippen LogP contribution >= 0.6 is 0 Å². The molecule has 0 aliphatic rings. The molecule has 0 saturated heterocycles. The van der Waals surface area contributed by atoms with Crippen molar-refractivity contribution in [1.82, 2.24) is 5.32 Å². The normalized spacial score (nSPS) is 10.9. The van der Waals surface area contributed by atoms with Gasteiger partial charge in [0.25, 0.3) is 0 Å². The van der Waals surface area contributed by atoms with Gasteiger partial charge in [0.05, 0.1) is 7.11 Å². The van der Waals surface area contributed by atoms with E-state index in [9.17, 15) is 4.79 Å². The summed E-state index contributed by atoms with van der Waals surface area (Å²) in [6, 6.07) is 5.27. The van der Waals surface area contributed by atoms with E-state index in [4.69, 9.17) is 15.2 Å². The molecule has 5 heteroatoms. The van der Waals surface area contributed by atoms with E-state index in [1.807, 2.05) is 20.8 Å². The SMILES string of the molecule is COc1ccc(N)cc1CNC(=O)OC(C)(C)C. The van der Waals surface area contributed by atoms with E-state index in [1.165, 1.54) is 0 Å². The maximum absolute atomic E-state index is 11.5. The van der Waals surface area contributed by atoms with Crippen LogP contribution in [0.25, 0.3) is 0 Å². The number of rotatable bonds is 3. The number of nitrogens with two attached hydrogens (primary N) is 1. The number of nitrogen functional groups attached to an aromatic ring is 1. The molecule has 1 amide bonds. The number of methoxy groups -OCH3 is 1. The van der Waals surface area contributed by atoms with Crippen LogP contribution in [0.5, 0.6) is 5.75 Å². The van der Waals surface area contributed by atoms with Crippen molar-refractivity contribution in [2.45, 2.75) is 32.9 Å². The first-order valence-electron chi connectivity index (χ1n) is 5.71. The predicted octanol–water partition coefficient (Wildman–Crippen LogP) is 2.30. The van der Waals surface area contributed by atoms with Gasteiger partial charge >= 0.3 is 6.09 Å². The minimum absolute atomic E-state index is 0.309. The second-order valence-corrected chi connectivity index (χ2v) is 4.93. The molecule has 0 unspecified atom stereocenters. The predicted molar refractivity (Wildman–Crippen MR) is 70.5 cm³/mol. The first kappa shape index (κ1) is 14.2. The molecule has 1 aromatic rings. The lowest BCUT2D eigenvalue weighted by molar-refractivity contribution is 0.0523. The summed E-state index contributed by atoms with van der Waals surface area (Å²) in [5.74, 6) is 0.681. The van der Waals surface area contributed by atoms with E-state index >= 15 is 0 Å². The lowest BCUT2D eigenvalue weighted by Gasteiger charge is -2.20. The van der Waals surface area contributed by atoms with Crippen LogP contribution in [-0.2, 0) is 11.3 Å². The number of carbonyl (C=O) groups excluding carboxylic acids is 1. The van der Waals surface area contributed by atoms with Crippen molar-refractivity contribution >= 4 is 11.8 Å². The summed E-state index contributed by atoms with van der Waals surface area (Å²) in [7, 11) is 1.57. The van der Waals surface area contributed by atoms with Gasteiger partial charge in [0.15, 0.2) is 0 Å². The summed E-state index contributed by atoms with van der Waals surface area (Å²) in [4.78, 5) is 11.5. The van der Waals surface area contributed by atoms with Gasteiger partial charge in [0.2, 0.25) is 0 Å². The van der Waals surface area contributed by atoms with Gasteiger partial charge in [-0.25, -0.2) is 4.79 Å². The molecule has 0 spiro atoms. The van der Waals surface area contributed by atoms with Gasteiger partial charge in [-0.2, -0.15) is 0 Å². The van der Waals surface area contributed by atoms with Gasteiger partial charge in [-0.3, -0.25) is 0 Å². The number of anilines is 1. The van der Waals surface area contributed by atoms with Crippen molar-refractivity contribution in [2.75, 3.05) is 12.8 Å². The van der Waals surface area contributed by atoms with Crippen molar-refractivity contribution in [1.29, 1.82) is 0 Å². The maximum atomic E-state index is 11.5. The summed E-state index contributed by atoms with van der Waals surface area (Å²) in [6.07, 6.45) is -0.466. The lowest BCUT2D eigenvalue weighted by atomic mass is 10.2. The summed E-state index contributed by atoms with van der Waals surface area (Å²) >= 11 is 0. The maximum Gasteiger partial charge on any atom is 0.407 e. The standard InChI is InChI=1S/C13H20N2O3/c1-13(2,3)18-12(16)15-8-9-7-10(14)5-6-11(9)17-4/h5-7H,8,14H2,1-4H3,(H,15,16). The summed E-state index contributed by atoms with van der Waals surface area (Å²) in [6.45, 7) is 5.75. The van der Waals surface area contributed by atoms with Gasteiger partial charge in [-0.1, -0.05) is 0 Å². The number of amides is 1. The van der Waals surface area contributed by atoms with Crippen LogP contribution in [0.3, 0.4) is 0 Å². The van der Waals surface area contributed by atoms with Crippen molar-refractivity contribution in [3.63, 3.8) is 0 Å². The van der Waals surface area contributed by atoms with Gasteiger partial charge in [0, 0.05) is 17.8 Å². The summed E-state index contributed by atoms with van der Waals surface area (Å²) in [5, 5.41) is 2.66. The topological polar surface area (TPSA) is 73.6 Å². The third-order valence-corrected chi connectivity index (χ3v) is 2.13. The Morgan fingerprint density at radius 2 is 2.06 bits per heavy atom. The van der Waals surface area contributed by atoms with E-state index in [0.717, 1.165) is 5.56 Å². The van der Waals surface area contributed by atoms with Crippen LogP contribution in [-0.4, -0.2) is 18.8 Å². The first-order valence-corrected chi connectivity index (χ1v) is 5.71. The first-order chi connectivity index (χ1) is 8.31. The van der Waals surface area contributed by atoms with Crippen molar-refractivity contribution in [2.24, 2.45) is 0 Å². The molecule has 0 fully saturated rings. The second-order valence-electron chi connectivity index (χ2n) is 4.93. The highest BCUT2D eigenvalue weighted by molar-refractivity contribution is 5.68. The molecule has 3 N–H and O–H groups in total. The van der Waals surface area contributed by atoms with E-state index < -0.39 is 11.7 Å². The molecule has 0 radical (unpaired) electrons. The molecule has 100 valence electrons. The van der Waals surface area contributed by atoms with Gasteiger partial charge in [-0.15, -0.1) is 0 Å². The van der Waals surface area contributed by atoms with Crippen LogP contribution in [0.15, 0.2) is 18.2 Å².